The highest BCUT2D eigenvalue weighted by Crippen LogP contribution is 2.40. The van der Waals surface area contributed by atoms with E-state index in [0.717, 1.165) is 18.6 Å². The van der Waals surface area contributed by atoms with E-state index in [2.05, 4.69) is 15.5 Å². The van der Waals surface area contributed by atoms with Gasteiger partial charge in [0.05, 0.1) is 32.9 Å². The summed E-state index contributed by atoms with van der Waals surface area (Å²) in [5.74, 6) is 2.99. The van der Waals surface area contributed by atoms with Crippen molar-refractivity contribution in [1.29, 1.82) is 0 Å². The molecule has 0 spiro atoms. The average Bonchev–Trinajstić information content (AvgIpc) is 3.36. The van der Waals surface area contributed by atoms with E-state index in [4.69, 9.17) is 23.4 Å². The molecule has 0 bridgehead atoms. The standard InChI is InChI=1S/C24H28N4O6/c1-30-19-12-17(13-20(31-2)22(19)32-3)25-24(29)28-11-7-8-16(14-28)23-27-26-21(34-23)15-33-18-9-5-4-6-10-18/h4-6,9-10,12-13,16H,7-8,11,14-15H2,1-3H3,(H,25,29). The van der Waals surface area contributed by atoms with Gasteiger partial charge in [-0.3, -0.25) is 0 Å². The van der Waals surface area contributed by atoms with E-state index in [9.17, 15) is 4.79 Å². The van der Waals surface area contributed by atoms with Crippen LogP contribution in [0.4, 0.5) is 10.5 Å². The van der Waals surface area contributed by atoms with Crippen molar-refractivity contribution in [3.05, 3.63) is 54.2 Å². The van der Waals surface area contributed by atoms with E-state index in [0.29, 0.717) is 47.8 Å². The number of piperidine rings is 1. The Morgan fingerprint density at radius 1 is 1.09 bits per heavy atom. The quantitative estimate of drug-likeness (QED) is 0.527. The molecule has 3 aromatic rings. The molecule has 10 heteroatoms. The molecule has 1 saturated heterocycles. The topological polar surface area (TPSA) is 108 Å². The molecule has 4 rings (SSSR count). The van der Waals surface area contributed by atoms with Gasteiger partial charge in [0, 0.05) is 25.2 Å². The number of nitrogens with zero attached hydrogens (tertiary/aromatic N) is 3. The number of aromatic nitrogens is 2. The predicted octanol–water partition coefficient (Wildman–Crippen LogP) is 4.09. The lowest BCUT2D eigenvalue weighted by Gasteiger charge is -2.31. The molecule has 1 N–H and O–H groups in total. The number of anilines is 1. The summed E-state index contributed by atoms with van der Waals surface area (Å²) in [6, 6.07) is 12.6. The van der Waals surface area contributed by atoms with Crippen molar-refractivity contribution in [2.24, 2.45) is 0 Å². The molecule has 1 atom stereocenters. The molecule has 10 nitrogen and oxygen atoms in total. The highest BCUT2D eigenvalue weighted by molar-refractivity contribution is 5.90. The van der Waals surface area contributed by atoms with Gasteiger partial charge in [-0.25, -0.2) is 4.79 Å². The van der Waals surface area contributed by atoms with Crippen LogP contribution in [0.25, 0.3) is 0 Å². The van der Waals surface area contributed by atoms with Crippen LogP contribution < -0.4 is 24.3 Å². The summed E-state index contributed by atoms with van der Waals surface area (Å²) in [4.78, 5) is 14.7. The number of methoxy groups -OCH3 is 3. The summed E-state index contributed by atoms with van der Waals surface area (Å²) in [6.07, 6.45) is 1.68. The van der Waals surface area contributed by atoms with Crippen molar-refractivity contribution >= 4 is 11.7 Å². The van der Waals surface area contributed by atoms with Crippen LogP contribution in [-0.4, -0.2) is 55.5 Å². The highest BCUT2D eigenvalue weighted by Gasteiger charge is 2.29. The number of amides is 2. The van der Waals surface area contributed by atoms with Gasteiger partial charge in [0.25, 0.3) is 5.89 Å². The first kappa shape index (κ1) is 23.2. The number of carbonyl (C=O) groups is 1. The van der Waals surface area contributed by atoms with Gasteiger partial charge in [-0.15, -0.1) is 10.2 Å². The number of benzene rings is 2. The van der Waals surface area contributed by atoms with Crippen molar-refractivity contribution in [3.8, 4) is 23.0 Å². The van der Waals surface area contributed by atoms with Gasteiger partial charge in [0.2, 0.25) is 11.6 Å². The predicted molar refractivity (Wildman–Crippen MR) is 124 cm³/mol. The molecule has 1 aliphatic heterocycles. The first-order valence-electron chi connectivity index (χ1n) is 11.0. The van der Waals surface area contributed by atoms with Crippen LogP contribution in [0.1, 0.15) is 30.5 Å². The minimum Gasteiger partial charge on any atom is -0.493 e. The third-order valence-corrected chi connectivity index (χ3v) is 5.56. The van der Waals surface area contributed by atoms with Crippen LogP contribution in [0.15, 0.2) is 46.9 Å². The Morgan fingerprint density at radius 2 is 1.82 bits per heavy atom. The van der Waals surface area contributed by atoms with Gasteiger partial charge in [-0.05, 0) is 25.0 Å². The van der Waals surface area contributed by atoms with E-state index < -0.39 is 0 Å². The van der Waals surface area contributed by atoms with E-state index in [1.165, 1.54) is 21.3 Å². The molecule has 0 radical (unpaired) electrons. The van der Waals surface area contributed by atoms with Crippen molar-refractivity contribution < 1.29 is 28.2 Å². The fraction of sp³-hybridized carbons (Fsp3) is 0.375. The fourth-order valence-corrected chi connectivity index (χ4v) is 3.87. The third kappa shape index (κ3) is 5.33. The van der Waals surface area contributed by atoms with Gasteiger partial charge in [-0.1, -0.05) is 18.2 Å². The van der Waals surface area contributed by atoms with E-state index in [1.807, 2.05) is 30.3 Å². The molecule has 1 unspecified atom stereocenters. The lowest BCUT2D eigenvalue weighted by Crippen LogP contribution is -2.41. The molecule has 2 amide bonds. The van der Waals surface area contributed by atoms with Gasteiger partial charge in [0.15, 0.2) is 18.1 Å². The lowest BCUT2D eigenvalue weighted by atomic mass is 9.98. The first-order chi connectivity index (χ1) is 16.6. The van der Waals surface area contributed by atoms with Crippen molar-refractivity contribution in [2.75, 3.05) is 39.7 Å². The van der Waals surface area contributed by atoms with Crippen molar-refractivity contribution in [1.82, 2.24) is 15.1 Å². The largest absolute Gasteiger partial charge is 0.493 e. The Morgan fingerprint density at radius 3 is 2.50 bits per heavy atom. The molecule has 34 heavy (non-hydrogen) atoms. The smallest absolute Gasteiger partial charge is 0.321 e. The minimum atomic E-state index is -0.230. The van der Waals surface area contributed by atoms with Crippen LogP contribution in [0.2, 0.25) is 0 Å². The summed E-state index contributed by atoms with van der Waals surface area (Å²) < 4.78 is 27.6. The van der Waals surface area contributed by atoms with Gasteiger partial charge in [-0.2, -0.15) is 0 Å². The first-order valence-corrected chi connectivity index (χ1v) is 11.0. The maximum absolute atomic E-state index is 13.0. The van der Waals surface area contributed by atoms with Gasteiger partial charge < -0.3 is 33.6 Å². The molecule has 2 aromatic carbocycles. The van der Waals surface area contributed by atoms with E-state index >= 15 is 0 Å². The molecule has 2 heterocycles. The summed E-state index contributed by atoms with van der Waals surface area (Å²) in [5, 5.41) is 11.2. The van der Waals surface area contributed by atoms with Crippen LogP contribution >= 0.6 is 0 Å². The van der Waals surface area contributed by atoms with Crippen LogP contribution in [0, 0.1) is 0 Å². The van der Waals surface area contributed by atoms with E-state index in [1.54, 1.807) is 17.0 Å². The Hall–Kier alpha value is -3.95. The summed E-state index contributed by atoms with van der Waals surface area (Å²) in [6.45, 7) is 1.29. The van der Waals surface area contributed by atoms with Crippen LogP contribution in [0.3, 0.4) is 0 Å². The highest BCUT2D eigenvalue weighted by atomic mass is 16.5. The SMILES string of the molecule is COc1cc(NC(=O)N2CCCC(c3nnc(COc4ccccc4)o3)C2)cc(OC)c1OC. The maximum atomic E-state index is 13.0. The number of carbonyl (C=O) groups excluding carboxylic acids is 1. The second-order valence-corrected chi connectivity index (χ2v) is 7.77. The lowest BCUT2D eigenvalue weighted by molar-refractivity contribution is 0.184. The number of likely N-dealkylation sites (tertiary alicyclic amines) is 1. The molecule has 0 saturated carbocycles. The van der Waals surface area contributed by atoms with Crippen LogP contribution in [-0.2, 0) is 6.61 Å². The minimum absolute atomic E-state index is 0.0441. The van der Waals surface area contributed by atoms with Crippen molar-refractivity contribution in [2.45, 2.75) is 25.4 Å². The Balaban J connectivity index is 1.38. The molecule has 1 aliphatic rings. The zero-order valence-electron chi connectivity index (χ0n) is 19.4. The Kier molecular flexibility index (Phi) is 7.36. The molecular formula is C24H28N4O6. The third-order valence-electron chi connectivity index (χ3n) is 5.56. The number of hydrogen-bond acceptors (Lipinski definition) is 8. The number of urea groups is 1. The number of hydrogen-bond donors (Lipinski definition) is 1. The zero-order valence-corrected chi connectivity index (χ0v) is 19.4. The second-order valence-electron chi connectivity index (χ2n) is 7.77. The Bertz CT molecular complexity index is 1080. The summed E-state index contributed by atoms with van der Waals surface area (Å²) in [5.41, 5.74) is 0.541. The van der Waals surface area contributed by atoms with Gasteiger partial charge in [0.1, 0.15) is 5.75 Å². The summed E-state index contributed by atoms with van der Waals surface area (Å²) >= 11 is 0. The van der Waals surface area contributed by atoms with Crippen LogP contribution in [0.5, 0.6) is 23.0 Å². The molecular weight excluding hydrogens is 440 g/mol. The molecule has 0 aliphatic carbocycles. The fourth-order valence-electron chi connectivity index (χ4n) is 3.87. The normalized spacial score (nSPS) is 15.5. The summed E-state index contributed by atoms with van der Waals surface area (Å²) in [7, 11) is 4.59. The number of rotatable bonds is 8. The van der Waals surface area contributed by atoms with Crippen molar-refractivity contribution in [3.63, 3.8) is 0 Å². The Labute approximate surface area is 197 Å². The number of para-hydroxylation sites is 1. The maximum Gasteiger partial charge on any atom is 0.321 e. The monoisotopic (exact) mass is 468 g/mol. The molecule has 1 aromatic heterocycles. The van der Waals surface area contributed by atoms with Gasteiger partial charge >= 0.3 is 6.03 Å². The second kappa shape index (κ2) is 10.8. The number of nitrogens with one attached hydrogen (secondary N) is 1. The molecule has 180 valence electrons. The molecule has 1 fully saturated rings. The zero-order chi connectivity index (χ0) is 23.9. The average molecular weight is 469 g/mol. The van der Waals surface area contributed by atoms with E-state index in [-0.39, 0.29) is 18.6 Å². The number of ether oxygens (including phenoxy) is 4.